The molecule has 9 heteroatoms. The number of benzene rings is 2. The normalized spacial score (nSPS) is 15.3. The Labute approximate surface area is 172 Å². The van der Waals surface area contributed by atoms with Crippen LogP contribution in [0.4, 0.5) is 11.6 Å². The van der Waals surface area contributed by atoms with Crippen molar-refractivity contribution >= 4 is 17.6 Å². The summed E-state index contributed by atoms with van der Waals surface area (Å²) >= 11 is 0. The van der Waals surface area contributed by atoms with Gasteiger partial charge in [-0.3, -0.25) is 10.1 Å². The van der Waals surface area contributed by atoms with Gasteiger partial charge in [-0.1, -0.05) is 42.5 Å². The fourth-order valence-corrected chi connectivity index (χ4v) is 3.51. The molecule has 1 aromatic heterocycles. The van der Waals surface area contributed by atoms with E-state index in [1.165, 1.54) is 10.7 Å². The van der Waals surface area contributed by atoms with E-state index >= 15 is 0 Å². The van der Waals surface area contributed by atoms with Crippen molar-refractivity contribution < 1.29 is 14.5 Å². The molecule has 30 heavy (non-hydrogen) atoms. The lowest BCUT2D eigenvalue weighted by atomic mass is 9.94. The minimum atomic E-state index is -0.855. The van der Waals surface area contributed by atoms with Crippen molar-refractivity contribution in [2.75, 3.05) is 11.9 Å². The van der Waals surface area contributed by atoms with Crippen LogP contribution in [0.5, 0.6) is 0 Å². The molecule has 0 aliphatic carbocycles. The van der Waals surface area contributed by atoms with Crippen molar-refractivity contribution in [2.24, 2.45) is 0 Å². The second kappa shape index (κ2) is 7.78. The summed E-state index contributed by atoms with van der Waals surface area (Å²) in [6, 6.07) is 14.8. The fraction of sp³-hybridized carbons (Fsp3) is 0.190. The zero-order valence-corrected chi connectivity index (χ0v) is 16.4. The number of carbonyl (C=O) groups excluding carboxylic acids is 1. The van der Waals surface area contributed by atoms with Gasteiger partial charge in [-0.05, 0) is 19.9 Å². The summed E-state index contributed by atoms with van der Waals surface area (Å²) in [5, 5.41) is 19.4. The Balaban J connectivity index is 1.93. The highest BCUT2D eigenvalue weighted by Gasteiger charge is 2.38. The number of allylic oxidation sites excluding steroid dienone is 1. The molecule has 1 aliphatic rings. The molecule has 3 aromatic rings. The molecule has 1 aliphatic heterocycles. The van der Waals surface area contributed by atoms with Crippen LogP contribution in [0.1, 0.15) is 25.5 Å². The van der Waals surface area contributed by atoms with Crippen molar-refractivity contribution in [3.63, 3.8) is 0 Å². The molecule has 0 spiro atoms. The van der Waals surface area contributed by atoms with Gasteiger partial charge in [-0.25, -0.2) is 9.48 Å². The lowest BCUT2D eigenvalue weighted by molar-refractivity contribution is -0.385. The highest BCUT2D eigenvalue weighted by Crippen LogP contribution is 2.40. The summed E-state index contributed by atoms with van der Waals surface area (Å²) in [6.45, 7) is 3.60. The third-order valence-corrected chi connectivity index (χ3v) is 4.81. The number of anilines is 1. The number of fused-ring (bicyclic) bond motifs is 1. The summed E-state index contributed by atoms with van der Waals surface area (Å²) in [5.41, 5.74) is 1.77. The third-order valence-electron chi connectivity index (χ3n) is 4.81. The van der Waals surface area contributed by atoms with Gasteiger partial charge in [0, 0.05) is 17.3 Å². The van der Waals surface area contributed by atoms with Gasteiger partial charge in [0.05, 0.1) is 22.7 Å². The van der Waals surface area contributed by atoms with Crippen LogP contribution in [0.25, 0.3) is 11.4 Å². The lowest BCUT2D eigenvalue weighted by Gasteiger charge is -2.27. The van der Waals surface area contributed by atoms with Gasteiger partial charge in [-0.15, -0.1) is 5.10 Å². The Morgan fingerprint density at radius 2 is 1.90 bits per heavy atom. The van der Waals surface area contributed by atoms with E-state index in [-0.39, 0.29) is 17.9 Å². The van der Waals surface area contributed by atoms with Gasteiger partial charge < -0.3 is 10.1 Å². The molecule has 0 amide bonds. The average molecular weight is 405 g/mol. The summed E-state index contributed by atoms with van der Waals surface area (Å²) in [4.78, 5) is 28.6. The molecule has 9 nitrogen and oxygen atoms in total. The maximum absolute atomic E-state index is 12.8. The standard InChI is InChI=1S/C21H19N5O4/c1-3-30-20(27)17-13(2)22-21-23-19(14-9-5-4-6-10-14)24-25(21)18(17)15-11-7-8-12-16(15)26(28)29/h4-12,18H,3H2,1-2H3,(H,22,23,24). The first-order valence-corrected chi connectivity index (χ1v) is 9.41. The number of carbonyl (C=O) groups is 1. The van der Waals surface area contributed by atoms with Gasteiger partial charge in [-0.2, -0.15) is 4.98 Å². The molecule has 1 atom stereocenters. The first kappa shape index (κ1) is 19.3. The maximum Gasteiger partial charge on any atom is 0.338 e. The minimum Gasteiger partial charge on any atom is -0.463 e. The topological polar surface area (TPSA) is 112 Å². The minimum absolute atomic E-state index is 0.110. The molecule has 1 unspecified atom stereocenters. The second-order valence-electron chi connectivity index (χ2n) is 6.67. The van der Waals surface area contributed by atoms with Crippen molar-refractivity contribution in [3.8, 4) is 11.4 Å². The zero-order chi connectivity index (χ0) is 21.3. The summed E-state index contributed by atoms with van der Waals surface area (Å²) in [5.74, 6) is 0.273. The fourth-order valence-electron chi connectivity index (χ4n) is 3.51. The van der Waals surface area contributed by atoms with E-state index in [0.29, 0.717) is 23.0 Å². The van der Waals surface area contributed by atoms with Crippen LogP contribution < -0.4 is 5.32 Å². The van der Waals surface area contributed by atoms with E-state index in [2.05, 4.69) is 15.4 Å². The predicted octanol–water partition coefficient (Wildman–Crippen LogP) is 3.71. The number of nitrogens with zero attached hydrogens (tertiary/aromatic N) is 4. The number of nitrogens with one attached hydrogen (secondary N) is 1. The van der Waals surface area contributed by atoms with E-state index < -0.39 is 16.9 Å². The van der Waals surface area contributed by atoms with E-state index in [0.717, 1.165) is 5.56 Å². The van der Waals surface area contributed by atoms with Crippen LogP contribution in [-0.4, -0.2) is 32.3 Å². The molecular formula is C21H19N5O4. The Morgan fingerprint density at radius 1 is 1.20 bits per heavy atom. The van der Waals surface area contributed by atoms with Crippen LogP contribution in [0.2, 0.25) is 0 Å². The van der Waals surface area contributed by atoms with Gasteiger partial charge in [0.1, 0.15) is 6.04 Å². The number of hydrogen-bond donors (Lipinski definition) is 1. The Kier molecular flexibility index (Phi) is 5.01. The van der Waals surface area contributed by atoms with Crippen LogP contribution in [-0.2, 0) is 9.53 Å². The molecule has 0 saturated heterocycles. The number of rotatable bonds is 5. The first-order valence-electron chi connectivity index (χ1n) is 9.41. The quantitative estimate of drug-likeness (QED) is 0.391. The van der Waals surface area contributed by atoms with Crippen LogP contribution in [0, 0.1) is 10.1 Å². The van der Waals surface area contributed by atoms with Crippen molar-refractivity contribution in [3.05, 3.63) is 81.5 Å². The Morgan fingerprint density at radius 3 is 2.60 bits per heavy atom. The van der Waals surface area contributed by atoms with Gasteiger partial charge in [0.15, 0.2) is 5.82 Å². The second-order valence-corrected chi connectivity index (χ2v) is 6.67. The monoisotopic (exact) mass is 405 g/mol. The number of ether oxygens (including phenoxy) is 1. The SMILES string of the molecule is CCOC(=O)C1=C(C)Nc2nc(-c3ccccc3)nn2C1c1ccccc1[N+](=O)[O-]. The molecule has 152 valence electrons. The highest BCUT2D eigenvalue weighted by molar-refractivity contribution is 5.92. The third kappa shape index (κ3) is 3.30. The van der Waals surface area contributed by atoms with Gasteiger partial charge in [0.25, 0.3) is 5.69 Å². The molecule has 4 rings (SSSR count). The van der Waals surface area contributed by atoms with Crippen LogP contribution in [0.3, 0.4) is 0 Å². The largest absolute Gasteiger partial charge is 0.463 e. The summed E-state index contributed by atoms with van der Waals surface area (Å²) in [6.07, 6.45) is 0. The number of nitro benzene ring substituents is 1. The summed E-state index contributed by atoms with van der Waals surface area (Å²) < 4.78 is 6.75. The molecule has 2 aromatic carbocycles. The molecule has 2 heterocycles. The first-order chi connectivity index (χ1) is 14.5. The zero-order valence-electron chi connectivity index (χ0n) is 16.4. The summed E-state index contributed by atoms with van der Waals surface area (Å²) in [7, 11) is 0. The van der Waals surface area contributed by atoms with Crippen molar-refractivity contribution in [1.29, 1.82) is 0 Å². The Hall–Kier alpha value is -4.01. The maximum atomic E-state index is 12.8. The number of hydrogen-bond acceptors (Lipinski definition) is 7. The number of esters is 1. The molecular weight excluding hydrogens is 386 g/mol. The highest BCUT2D eigenvalue weighted by atomic mass is 16.6. The Bertz CT molecular complexity index is 1150. The van der Waals surface area contributed by atoms with Gasteiger partial charge in [0.2, 0.25) is 5.95 Å². The van der Waals surface area contributed by atoms with Crippen LogP contribution >= 0.6 is 0 Å². The number of aromatic nitrogens is 3. The number of nitro groups is 1. The van der Waals surface area contributed by atoms with E-state index in [4.69, 9.17) is 4.74 Å². The predicted molar refractivity (Wildman–Crippen MR) is 110 cm³/mol. The van der Waals surface area contributed by atoms with E-state index in [1.54, 1.807) is 32.0 Å². The lowest BCUT2D eigenvalue weighted by Crippen LogP contribution is -2.30. The molecule has 0 saturated carbocycles. The molecule has 1 N–H and O–H groups in total. The van der Waals surface area contributed by atoms with Crippen LogP contribution in [0.15, 0.2) is 65.9 Å². The molecule has 0 fully saturated rings. The van der Waals surface area contributed by atoms with E-state index in [1.807, 2.05) is 30.3 Å². The van der Waals surface area contributed by atoms with Crippen molar-refractivity contribution in [1.82, 2.24) is 14.8 Å². The molecule has 0 radical (unpaired) electrons. The molecule has 0 bridgehead atoms. The number of para-hydroxylation sites is 1. The average Bonchev–Trinajstić information content (AvgIpc) is 3.17. The smallest absolute Gasteiger partial charge is 0.338 e. The van der Waals surface area contributed by atoms with E-state index in [9.17, 15) is 14.9 Å². The van der Waals surface area contributed by atoms with Crippen molar-refractivity contribution in [2.45, 2.75) is 19.9 Å². The van der Waals surface area contributed by atoms with Gasteiger partial charge >= 0.3 is 5.97 Å².